The number of piperidine rings is 1. The second kappa shape index (κ2) is 6.59. The topological polar surface area (TPSA) is 38.5 Å². The van der Waals surface area contributed by atoms with Crippen LogP contribution in [0.5, 0.6) is 5.75 Å². The van der Waals surface area contributed by atoms with Crippen LogP contribution in [0, 0.1) is 0 Å². The van der Waals surface area contributed by atoms with Crippen LogP contribution in [-0.4, -0.2) is 30.1 Å². The zero-order chi connectivity index (χ0) is 14.6. The van der Waals surface area contributed by atoms with Crippen LogP contribution in [0.4, 0.5) is 0 Å². The highest BCUT2D eigenvalue weighted by Crippen LogP contribution is 2.32. The average Bonchev–Trinajstić information content (AvgIpc) is 2.48. The number of benzene rings is 1. The van der Waals surface area contributed by atoms with Gasteiger partial charge in [-0.3, -0.25) is 4.90 Å². The lowest BCUT2D eigenvalue weighted by atomic mass is 9.86. The fourth-order valence-electron chi connectivity index (χ4n) is 3.04. The molecule has 1 fully saturated rings. The molecule has 1 atom stereocenters. The molecular formula is C17H28N2O. The van der Waals surface area contributed by atoms with E-state index in [2.05, 4.69) is 30.9 Å². The molecule has 0 amide bonds. The standard InChI is InChI=1S/C17H28N2O/c1-4-20-15-10-8-9-14(13-15)16(18)17(2,3)19-11-6-5-7-12-19/h8-10,13,16H,4-7,11-12,18H2,1-3H3. The van der Waals surface area contributed by atoms with Crippen LogP contribution in [0.3, 0.4) is 0 Å². The van der Waals surface area contributed by atoms with Crippen molar-refractivity contribution in [3.05, 3.63) is 29.8 Å². The van der Waals surface area contributed by atoms with Crippen LogP contribution in [0.15, 0.2) is 24.3 Å². The molecule has 0 aliphatic carbocycles. The third kappa shape index (κ3) is 3.33. The summed E-state index contributed by atoms with van der Waals surface area (Å²) in [5, 5.41) is 0. The summed E-state index contributed by atoms with van der Waals surface area (Å²) in [6, 6.07) is 8.22. The first-order chi connectivity index (χ1) is 9.55. The van der Waals surface area contributed by atoms with Crippen LogP contribution in [-0.2, 0) is 0 Å². The summed E-state index contributed by atoms with van der Waals surface area (Å²) in [4.78, 5) is 2.54. The van der Waals surface area contributed by atoms with E-state index < -0.39 is 0 Å². The van der Waals surface area contributed by atoms with Gasteiger partial charge in [-0.15, -0.1) is 0 Å². The Hall–Kier alpha value is -1.06. The molecule has 3 heteroatoms. The zero-order valence-corrected chi connectivity index (χ0v) is 13.1. The van der Waals surface area contributed by atoms with Crippen molar-refractivity contribution in [2.24, 2.45) is 5.73 Å². The van der Waals surface area contributed by atoms with Gasteiger partial charge in [0, 0.05) is 11.6 Å². The van der Waals surface area contributed by atoms with Gasteiger partial charge in [0.05, 0.1) is 6.61 Å². The van der Waals surface area contributed by atoms with Crippen LogP contribution >= 0.6 is 0 Å². The zero-order valence-electron chi connectivity index (χ0n) is 13.1. The van der Waals surface area contributed by atoms with Gasteiger partial charge in [0.25, 0.3) is 0 Å². The molecule has 1 saturated heterocycles. The molecular weight excluding hydrogens is 248 g/mol. The van der Waals surface area contributed by atoms with Gasteiger partial charge < -0.3 is 10.5 Å². The summed E-state index contributed by atoms with van der Waals surface area (Å²) in [7, 11) is 0. The Morgan fingerprint density at radius 3 is 2.60 bits per heavy atom. The second-order valence-electron chi connectivity index (χ2n) is 6.18. The van der Waals surface area contributed by atoms with Gasteiger partial charge in [-0.25, -0.2) is 0 Å². The van der Waals surface area contributed by atoms with E-state index in [0.29, 0.717) is 6.61 Å². The quantitative estimate of drug-likeness (QED) is 0.896. The summed E-state index contributed by atoms with van der Waals surface area (Å²) in [5.41, 5.74) is 7.71. The molecule has 0 radical (unpaired) electrons. The predicted molar refractivity (Wildman–Crippen MR) is 84.0 cm³/mol. The van der Waals surface area contributed by atoms with Crippen molar-refractivity contribution in [2.75, 3.05) is 19.7 Å². The van der Waals surface area contributed by atoms with Crippen LogP contribution < -0.4 is 10.5 Å². The maximum absolute atomic E-state index is 6.57. The van der Waals surface area contributed by atoms with Gasteiger partial charge in [0.1, 0.15) is 5.75 Å². The minimum absolute atomic E-state index is 0.000932. The molecule has 1 heterocycles. The maximum atomic E-state index is 6.57. The summed E-state index contributed by atoms with van der Waals surface area (Å²) < 4.78 is 5.59. The Labute approximate surface area is 123 Å². The third-order valence-corrected chi connectivity index (χ3v) is 4.46. The minimum atomic E-state index is -0.0226. The van der Waals surface area contributed by atoms with Crippen LogP contribution in [0.2, 0.25) is 0 Å². The normalized spacial score (nSPS) is 18.8. The van der Waals surface area contributed by atoms with Crippen LogP contribution in [0.25, 0.3) is 0 Å². The van der Waals surface area contributed by atoms with Gasteiger partial charge in [-0.05, 0) is 64.4 Å². The highest BCUT2D eigenvalue weighted by Gasteiger charge is 2.34. The van der Waals surface area contributed by atoms with Gasteiger partial charge in [-0.2, -0.15) is 0 Å². The second-order valence-corrected chi connectivity index (χ2v) is 6.18. The van der Waals surface area contributed by atoms with E-state index in [0.717, 1.165) is 24.4 Å². The van der Waals surface area contributed by atoms with E-state index in [9.17, 15) is 0 Å². The molecule has 2 rings (SSSR count). The largest absolute Gasteiger partial charge is 0.494 e. The highest BCUT2D eigenvalue weighted by atomic mass is 16.5. The summed E-state index contributed by atoms with van der Waals surface area (Å²) in [6.45, 7) is 9.53. The van der Waals surface area contributed by atoms with E-state index in [1.165, 1.54) is 19.3 Å². The smallest absolute Gasteiger partial charge is 0.119 e. The molecule has 20 heavy (non-hydrogen) atoms. The molecule has 112 valence electrons. The molecule has 1 unspecified atom stereocenters. The molecule has 1 aromatic carbocycles. The predicted octanol–water partition coefficient (Wildman–Crippen LogP) is 3.35. The molecule has 0 spiro atoms. The molecule has 1 aliphatic rings. The number of likely N-dealkylation sites (tertiary alicyclic amines) is 1. The van der Waals surface area contributed by atoms with Crippen molar-refractivity contribution in [3.63, 3.8) is 0 Å². The van der Waals surface area contributed by atoms with E-state index in [4.69, 9.17) is 10.5 Å². The minimum Gasteiger partial charge on any atom is -0.494 e. The molecule has 2 N–H and O–H groups in total. The molecule has 0 bridgehead atoms. The fraction of sp³-hybridized carbons (Fsp3) is 0.647. The molecule has 1 aliphatic heterocycles. The van der Waals surface area contributed by atoms with E-state index in [-0.39, 0.29) is 11.6 Å². The lowest BCUT2D eigenvalue weighted by Crippen LogP contribution is -2.53. The lowest BCUT2D eigenvalue weighted by molar-refractivity contribution is 0.0729. The number of nitrogens with zero attached hydrogens (tertiary/aromatic N) is 1. The maximum Gasteiger partial charge on any atom is 0.119 e. The number of ether oxygens (including phenoxy) is 1. The van der Waals surface area contributed by atoms with Gasteiger partial charge in [0.15, 0.2) is 0 Å². The molecule has 1 aromatic rings. The Morgan fingerprint density at radius 1 is 1.25 bits per heavy atom. The molecule has 0 aromatic heterocycles. The molecule has 3 nitrogen and oxygen atoms in total. The van der Waals surface area contributed by atoms with Gasteiger partial charge >= 0.3 is 0 Å². The summed E-state index contributed by atoms with van der Waals surface area (Å²) in [5.74, 6) is 0.912. The van der Waals surface area contributed by atoms with Crippen molar-refractivity contribution in [3.8, 4) is 5.75 Å². The Balaban J connectivity index is 2.15. The number of nitrogens with two attached hydrogens (primary N) is 1. The number of rotatable bonds is 5. The van der Waals surface area contributed by atoms with Crippen LogP contribution in [0.1, 0.15) is 51.6 Å². The first-order valence-corrected chi connectivity index (χ1v) is 7.79. The van der Waals surface area contributed by atoms with Crippen molar-refractivity contribution in [1.29, 1.82) is 0 Å². The Bertz CT molecular complexity index is 425. The first-order valence-electron chi connectivity index (χ1n) is 7.79. The average molecular weight is 276 g/mol. The van der Waals surface area contributed by atoms with E-state index in [1.54, 1.807) is 0 Å². The Morgan fingerprint density at radius 2 is 1.95 bits per heavy atom. The van der Waals surface area contributed by atoms with Crippen molar-refractivity contribution in [2.45, 2.75) is 51.6 Å². The lowest BCUT2D eigenvalue weighted by Gasteiger charge is -2.44. The first kappa shape index (κ1) is 15.3. The van der Waals surface area contributed by atoms with Crippen molar-refractivity contribution < 1.29 is 4.74 Å². The highest BCUT2D eigenvalue weighted by molar-refractivity contribution is 5.32. The monoisotopic (exact) mass is 276 g/mol. The van der Waals surface area contributed by atoms with Crippen molar-refractivity contribution >= 4 is 0 Å². The van der Waals surface area contributed by atoms with Gasteiger partial charge in [-0.1, -0.05) is 18.6 Å². The SMILES string of the molecule is CCOc1cccc(C(N)C(C)(C)N2CCCCC2)c1. The number of hydrogen-bond donors (Lipinski definition) is 1. The third-order valence-electron chi connectivity index (χ3n) is 4.46. The van der Waals surface area contributed by atoms with Crippen molar-refractivity contribution in [1.82, 2.24) is 4.90 Å². The Kier molecular flexibility index (Phi) is 5.06. The van der Waals surface area contributed by atoms with E-state index in [1.807, 2.05) is 19.1 Å². The molecule has 0 saturated carbocycles. The van der Waals surface area contributed by atoms with E-state index >= 15 is 0 Å². The summed E-state index contributed by atoms with van der Waals surface area (Å²) in [6.07, 6.45) is 3.92. The fourth-order valence-corrected chi connectivity index (χ4v) is 3.04. The number of hydrogen-bond acceptors (Lipinski definition) is 3. The summed E-state index contributed by atoms with van der Waals surface area (Å²) >= 11 is 0. The van der Waals surface area contributed by atoms with Gasteiger partial charge in [0.2, 0.25) is 0 Å².